The monoisotopic (exact) mass is 387 g/mol. The van der Waals surface area contributed by atoms with Gasteiger partial charge in [0.15, 0.2) is 5.16 Å². The minimum Gasteiger partial charge on any atom is -0.311 e. The highest BCUT2D eigenvalue weighted by atomic mass is 32.2. The van der Waals surface area contributed by atoms with Crippen molar-refractivity contribution in [3.8, 4) is 0 Å². The second-order valence-electron chi connectivity index (χ2n) is 6.73. The largest absolute Gasteiger partial charge is 0.311 e. The van der Waals surface area contributed by atoms with Crippen LogP contribution in [0.15, 0.2) is 39.1 Å². The van der Waals surface area contributed by atoms with Crippen LogP contribution in [0.25, 0.3) is 0 Å². The maximum Gasteiger partial charge on any atom is 0.267 e. The van der Waals surface area contributed by atoms with Gasteiger partial charge in [0.05, 0.1) is 16.3 Å². The van der Waals surface area contributed by atoms with Gasteiger partial charge in [-0.25, -0.2) is 4.98 Å². The van der Waals surface area contributed by atoms with Crippen LogP contribution < -0.4 is 10.5 Å². The Labute approximate surface area is 161 Å². The number of para-hydroxylation sites is 1. The van der Waals surface area contributed by atoms with E-state index in [9.17, 15) is 9.59 Å². The van der Waals surface area contributed by atoms with E-state index in [0.29, 0.717) is 10.4 Å². The van der Waals surface area contributed by atoms with E-state index in [1.54, 1.807) is 23.4 Å². The summed E-state index contributed by atoms with van der Waals surface area (Å²) in [6.45, 7) is 2.86. The number of anilines is 1. The van der Waals surface area contributed by atoms with Gasteiger partial charge in [-0.05, 0) is 24.5 Å². The van der Waals surface area contributed by atoms with Gasteiger partial charge in [0.2, 0.25) is 5.91 Å². The van der Waals surface area contributed by atoms with E-state index in [4.69, 9.17) is 0 Å². The molecule has 2 aliphatic rings. The number of amides is 1. The van der Waals surface area contributed by atoms with Gasteiger partial charge in [-0.2, -0.15) is 0 Å². The molecule has 2 aliphatic heterocycles. The van der Waals surface area contributed by atoms with Gasteiger partial charge in [-0.1, -0.05) is 36.9 Å². The minimum absolute atomic E-state index is 0.00242. The predicted octanol–water partition coefficient (Wildman–Crippen LogP) is 2.89. The molecule has 136 valence electrons. The van der Waals surface area contributed by atoms with E-state index in [1.807, 2.05) is 23.1 Å². The van der Waals surface area contributed by atoms with Gasteiger partial charge >= 0.3 is 0 Å². The van der Waals surface area contributed by atoms with Crippen LogP contribution in [0, 0.1) is 0 Å². The molecule has 1 amide bonds. The summed E-state index contributed by atoms with van der Waals surface area (Å²) in [5.41, 5.74) is 3.13. The van der Waals surface area contributed by atoms with Gasteiger partial charge in [0, 0.05) is 31.0 Å². The van der Waals surface area contributed by atoms with Crippen molar-refractivity contribution in [2.24, 2.45) is 7.05 Å². The number of hydrogen-bond acceptors (Lipinski definition) is 5. The highest BCUT2D eigenvalue weighted by molar-refractivity contribution is 8.00. The van der Waals surface area contributed by atoms with Crippen LogP contribution >= 0.6 is 23.5 Å². The molecule has 0 fully saturated rings. The Bertz CT molecular complexity index is 925. The summed E-state index contributed by atoms with van der Waals surface area (Å²) in [5.74, 6) is 0.357. The Morgan fingerprint density at radius 2 is 2.19 bits per heavy atom. The molecule has 5 nitrogen and oxygen atoms in total. The maximum atomic E-state index is 12.8. The number of fused-ring (bicyclic) bond motifs is 2. The van der Waals surface area contributed by atoms with Crippen LogP contribution in [0.3, 0.4) is 0 Å². The third-order valence-electron chi connectivity index (χ3n) is 4.81. The molecule has 2 aromatic rings. The van der Waals surface area contributed by atoms with Gasteiger partial charge in [0.25, 0.3) is 5.56 Å². The van der Waals surface area contributed by atoms with Crippen molar-refractivity contribution in [2.45, 2.75) is 41.5 Å². The molecular weight excluding hydrogens is 366 g/mol. The van der Waals surface area contributed by atoms with E-state index in [1.165, 1.54) is 17.3 Å². The zero-order valence-electron chi connectivity index (χ0n) is 14.9. The van der Waals surface area contributed by atoms with Gasteiger partial charge < -0.3 is 4.90 Å². The highest BCUT2D eigenvalue weighted by Crippen LogP contribution is 2.34. The lowest BCUT2D eigenvalue weighted by Crippen LogP contribution is -2.36. The van der Waals surface area contributed by atoms with Gasteiger partial charge in [-0.15, -0.1) is 11.8 Å². The number of aryl methyl sites for hydroxylation is 1. The lowest BCUT2D eigenvalue weighted by Gasteiger charge is -2.29. The van der Waals surface area contributed by atoms with Crippen molar-refractivity contribution in [1.29, 1.82) is 0 Å². The third-order valence-corrected chi connectivity index (χ3v) is 7.04. The smallest absolute Gasteiger partial charge is 0.267 e. The second-order valence-corrected chi connectivity index (χ2v) is 9.12. The first kappa shape index (κ1) is 17.7. The summed E-state index contributed by atoms with van der Waals surface area (Å²) in [6.07, 6.45) is 2.82. The minimum atomic E-state index is 0.00242. The molecule has 0 aliphatic carbocycles. The Balaban J connectivity index is 1.52. The Morgan fingerprint density at radius 1 is 1.38 bits per heavy atom. The van der Waals surface area contributed by atoms with Gasteiger partial charge in [0.1, 0.15) is 0 Å². The molecule has 7 heteroatoms. The highest BCUT2D eigenvalue weighted by Gasteiger charge is 2.26. The van der Waals surface area contributed by atoms with E-state index >= 15 is 0 Å². The molecule has 0 unspecified atom stereocenters. The van der Waals surface area contributed by atoms with Crippen LogP contribution in [-0.2, 0) is 24.7 Å². The van der Waals surface area contributed by atoms with Crippen molar-refractivity contribution in [2.75, 3.05) is 17.2 Å². The standard InChI is InChI=1S/C19H21N3O2S2/c1-12-10-14-17(26-12)18(24)21(2)19(20-14)25-11-16(23)22-9-5-7-13-6-3-4-8-15(13)22/h3-4,6,8,12H,5,7,9-11H2,1-2H3/t12-/m0/s1. The summed E-state index contributed by atoms with van der Waals surface area (Å²) in [4.78, 5) is 32.6. The molecule has 0 saturated carbocycles. The molecule has 1 aromatic heterocycles. The number of benzene rings is 1. The molecular formula is C19H21N3O2S2. The first-order chi connectivity index (χ1) is 12.5. The van der Waals surface area contributed by atoms with Gasteiger partial charge in [-0.3, -0.25) is 14.2 Å². The number of nitrogens with zero attached hydrogens (tertiary/aromatic N) is 3. The lowest BCUT2D eigenvalue weighted by atomic mass is 10.0. The van der Waals surface area contributed by atoms with E-state index in [2.05, 4.69) is 18.0 Å². The molecule has 4 rings (SSSR count). The summed E-state index contributed by atoms with van der Waals surface area (Å²) >= 11 is 2.96. The fraction of sp³-hybridized carbons (Fsp3) is 0.421. The molecule has 0 spiro atoms. The summed E-state index contributed by atoms with van der Waals surface area (Å²) in [6, 6.07) is 8.10. The summed E-state index contributed by atoms with van der Waals surface area (Å²) in [5, 5.41) is 1.01. The first-order valence-corrected chi connectivity index (χ1v) is 10.7. The fourth-order valence-corrected chi connectivity index (χ4v) is 5.51. The normalized spacial score (nSPS) is 18.5. The number of thioether (sulfide) groups is 2. The average Bonchev–Trinajstić information content (AvgIpc) is 3.03. The molecule has 3 heterocycles. The Kier molecular flexibility index (Phi) is 4.84. The lowest BCUT2D eigenvalue weighted by molar-refractivity contribution is -0.116. The zero-order valence-corrected chi connectivity index (χ0v) is 16.5. The maximum absolute atomic E-state index is 12.8. The van der Waals surface area contributed by atoms with Crippen LogP contribution in [-0.4, -0.2) is 33.0 Å². The van der Waals surface area contributed by atoms with Crippen molar-refractivity contribution < 1.29 is 4.79 Å². The third kappa shape index (κ3) is 3.18. The number of carbonyl (C=O) groups is 1. The SMILES string of the molecule is C[C@H]1Cc2nc(SCC(=O)N3CCCc4ccccc43)n(C)c(=O)c2S1. The molecule has 0 saturated heterocycles. The average molecular weight is 388 g/mol. The van der Waals surface area contributed by atoms with E-state index in [-0.39, 0.29) is 17.2 Å². The second kappa shape index (κ2) is 7.12. The molecule has 1 aromatic carbocycles. The number of carbonyl (C=O) groups excluding carboxylic acids is 1. The number of hydrogen-bond donors (Lipinski definition) is 0. The van der Waals surface area contributed by atoms with Crippen molar-refractivity contribution >= 4 is 35.1 Å². The number of aromatic nitrogens is 2. The topological polar surface area (TPSA) is 55.2 Å². The molecule has 0 N–H and O–H groups in total. The predicted molar refractivity (Wildman–Crippen MR) is 106 cm³/mol. The van der Waals surface area contributed by atoms with Crippen molar-refractivity contribution in [3.63, 3.8) is 0 Å². The van der Waals surface area contributed by atoms with Crippen LogP contribution in [0.4, 0.5) is 5.69 Å². The van der Waals surface area contributed by atoms with Crippen LogP contribution in [0.1, 0.15) is 24.6 Å². The summed E-state index contributed by atoms with van der Waals surface area (Å²) in [7, 11) is 1.74. The van der Waals surface area contributed by atoms with E-state index < -0.39 is 0 Å². The van der Waals surface area contributed by atoms with E-state index in [0.717, 1.165) is 42.1 Å². The van der Waals surface area contributed by atoms with Crippen LogP contribution in [0.2, 0.25) is 0 Å². The first-order valence-electron chi connectivity index (χ1n) is 8.82. The van der Waals surface area contributed by atoms with Crippen LogP contribution in [0.5, 0.6) is 0 Å². The van der Waals surface area contributed by atoms with Crippen molar-refractivity contribution in [1.82, 2.24) is 9.55 Å². The summed E-state index contributed by atoms with van der Waals surface area (Å²) < 4.78 is 1.58. The van der Waals surface area contributed by atoms with Crippen molar-refractivity contribution in [3.05, 3.63) is 45.9 Å². The molecule has 0 radical (unpaired) electrons. The quantitative estimate of drug-likeness (QED) is 0.599. The molecule has 1 atom stereocenters. The molecule has 0 bridgehead atoms. The number of rotatable bonds is 3. The zero-order chi connectivity index (χ0) is 18.3. The molecule has 26 heavy (non-hydrogen) atoms. The fourth-order valence-electron chi connectivity index (χ4n) is 3.50. The Morgan fingerprint density at radius 3 is 3.04 bits per heavy atom. The Hall–Kier alpha value is -1.73.